The topological polar surface area (TPSA) is 55.8 Å². The van der Waals surface area contributed by atoms with Crippen molar-refractivity contribution in [1.82, 2.24) is 0 Å². The van der Waals surface area contributed by atoms with Crippen LogP contribution in [0.15, 0.2) is 12.2 Å². The van der Waals surface area contributed by atoms with Gasteiger partial charge in [-0.25, -0.2) is 4.79 Å². The summed E-state index contributed by atoms with van der Waals surface area (Å²) in [6, 6.07) is 0. The average Bonchev–Trinajstić information content (AvgIpc) is 2.72. The molecule has 0 aromatic carbocycles. The first kappa shape index (κ1) is 29.1. The number of aliphatic hydroxyl groups excluding tert-OH is 1. The van der Waals surface area contributed by atoms with Crippen LogP contribution in [-0.4, -0.2) is 37.0 Å². The number of carbonyl (C=O) groups excluding carboxylic acids is 1. The maximum absolute atomic E-state index is 11.6. The Balaban J connectivity index is 3.36. The van der Waals surface area contributed by atoms with Crippen LogP contribution in [0.3, 0.4) is 0 Å². The van der Waals surface area contributed by atoms with E-state index in [1.165, 1.54) is 83.1 Å². The summed E-state index contributed by atoms with van der Waals surface area (Å²) in [4.78, 5) is 11.6. The third-order valence-electron chi connectivity index (χ3n) is 5.30. The van der Waals surface area contributed by atoms with Gasteiger partial charge in [-0.15, -0.1) is 0 Å². The van der Waals surface area contributed by atoms with E-state index in [-0.39, 0.29) is 19.2 Å². The molecule has 0 aliphatic heterocycles. The Bertz CT molecular complexity index is 392. The molecule has 4 heteroatoms. The predicted octanol–water partition coefficient (Wildman–Crippen LogP) is 6.99. The van der Waals surface area contributed by atoms with Crippen molar-refractivity contribution in [2.24, 2.45) is 5.92 Å². The van der Waals surface area contributed by atoms with Crippen LogP contribution in [0, 0.1) is 5.92 Å². The summed E-state index contributed by atoms with van der Waals surface area (Å²) in [6.07, 6.45) is 22.0. The number of hydrogen-bond acceptors (Lipinski definition) is 4. The van der Waals surface area contributed by atoms with Gasteiger partial charge in [0, 0.05) is 12.7 Å². The summed E-state index contributed by atoms with van der Waals surface area (Å²) in [5.41, 5.74) is 0. The monoisotopic (exact) mass is 426 g/mol. The van der Waals surface area contributed by atoms with Crippen LogP contribution in [0.25, 0.3) is 0 Å². The van der Waals surface area contributed by atoms with Crippen molar-refractivity contribution < 1.29 is 19.4 Å². The molecule has 0 aromatic rings. The quantitative estimate of drug-likeness (QED) is 0.115. The second-order valence-corrected chi connectivity index (χ2v) is 8.97. The van der Waals surface area contributed by atoms with Gasteiger partial charge in [-0.05, 0) is 25.2 Å². The number of hydrogen-bond donors (Lipinski definition) is 1. The second-order valence-electron chi connectivity index (χ2n) is 8.97. The fourth-order valence-corrected chi connectivity index (χ4v) is 3.27. The standard InChI is InChI=1S/C26H50O4/c1-4-5-6-7-8-9-10-11-12-13-14-15-16-17-18-19-26(28)30-23-25(27)22-29-21-20-24(2)3/h18-19,24-25,27H,4-17,20-23H2,1-3H3. The Labute approximate surface area is 186 Å². The van der Waals surface area contributed by atoms with Crippen molar-refractivity contribution in [2.45, 2.75) is 123 Å². The van der Waals surface area contributed by atoms with Gasteiger partial charge in [-0.3, -0.25) is 0 Å². The van der Waals surface area contributed by atoms with Gasteiger partial charge in [0.2, 0.25) is 0 Å². The zero-order valence-electron chi connectivity index (χ0n) is 20.2. The molecule has 178 valence electrons. The highest BCUT2D eigenvalue weighted by Gasteiger charge is 2.07. The lowest BCUT2D eigenvalue weighted by molar-refractivity contribution is -0.141. The van der Waals surface area contributed by atoms with E-state index in [2.05, 4.69) is 20.8 Å². The molecule has 1 N–H and O–H groups in total. The van der Waals surface area contributed by atoms with Crippen molar-refractivity contribution >= 4 is 5.97 Å². The van der Waals surface area contributed by atoms with Crippen molar-refractivity contribution in [3.8, 4) is 0 Å². The van der Waals surface area contributed by atoms with Crippen LogP contribution in [0.1, 0.15) is 117 Å². The molecule has 1 atom stereocenters. The average molecular weight is 427 g/mol. The highest BCUT2D eigenvalue weighted by atomic mass is 16.5. The lowest BCUT2D eigenvalue weighted by Gasteiger charge is -2.11. The molecule has 0 heterocycles. The Morgan fingerprint density at radius 3 is 1.90 bits per heavy atom. The minimum Gasteiger partial charge on any atom is -0.460 e. The Morgan fingerprint density at radius 2 is 1.37 bits per heavy atom. The minimum atomic E-state index is -0.754. The van der Waals surface area contributed by atoms with Gasteiger partial charge in [0.05, 0.1) is 6.61 Å². The molecule has 0 radical (unpaired) electrons. The first-order valence-corrected chi connectivity index (χ1v) is 12.6. The number of unbranched alkanes of at least 4 members (excludes halogenated alkanes) is 13. The van der Waals surface area contributed by atoms with Crippen LogP contribution < -0.4 is 0 Å². The van der Waals surface area contributed by atoms with Crippen LogP contribution >= 0.6 is 0 Å². The van der Waals surface area contributed by atoms with Gasteiger partial charge in [0.15, 0.2) is 0 Å². The van der Waals surface area contributed by atoms with E-state index in [9.17, 15) is 9.90 Å². The first-order chi connectivity index (χ1) is 14.6. The van der Waals surface area contributed by atoms with E-state index in [1.54, 1.807) is 0 Å². The molecule has 0 fully saturated rings. The van der Waals surface area contributed by atoms with E-state index in [1.807, 2.05) is 6.08 Å². The predicted molar refractivity (Wildman–Crippen MR) is 127 cm³/mol. The van der Waals surface area contributed by atoms with Gasteiger partial charge in [-0.2, -0.15) is 0 Å². The molecular weight excluding hydrogens is 376 g/mol. The summed E-state index contributed by atoms with van der Waals surface area (Å²) in [5, 5.41) is 9.74. The zero-order chi connectivity index (χ0) is 22.3. The van der Waals surface area contributed by atoms with Gasteiger partial charge in [0.1, 0.15) is 12.7 Å². The Kier molecular flexibility index (Phi) is 22.1. The molecule has 0 spiro atoms. The largest absolute Gasteiger partial charge is 0.460 e. The third-order valence-corrected chi connectivity index (χ3v) is 5.30. The number of allylic oxidation sites excluding steroid dienone is 1. The lowest BCUT2D eigenvalue weighted by atomic mass is 10.0. The summed E-state index contributed by atoms with van der Waals surface area (Å²) in [7, 11) is 0. The van der Waals surface area contributed by atoms with Crippen LogP contribution in [0.2, 0.25) is 0 Å². The Hall–Kier alpha value is -0.870. The van der Waals surface area contributed by atoms with Crippen molar-refractivity contribution in [2.75, 3.05) is 19.8 Å². The van der Waals surface area contributed by atoms with E-state index in [0.29, 0.717) is 12.5 Å². The summed E-state index contributed by atoms with van der Waals surface area (Å²) < 4.78 is 10.4. The summed E-state index contributed by atoms with van der Waals surface area (Å²) >= 11 is 0. The first-order valence-electron chi connectivity index (χ1n) is 12.6. The SMILES string of the molecule is CCCCCCCCCCCCCCCC=CC(=O)OCC(O)COCCC(C)C. The van der Waals surface area contributed by atoms with Crippen molar-refractivity contribution in [3.63, 3.8) is 0 Å². The molecule has 0 bridgehead atoms. The van der Waals surface area contributed by atoms with Crippen LogP contribution in [-0.2, 0) is 14.3 Å². The second kappa shape index (κ2) is 22.8. The molecule has 0 saturated carbocycles. The maximum Gasteiger partial charge on any atom is 0.330 e. The molecule has 30 heavy (non-hydrogen) atoms. The molecule has 0 amide bonds. The Morgan fingerprint density at radius 1 is 0.833 bits per heavy atom. The molecule has 0 rings (SSSR count). The minimum absolute atomic E-state index is 0.0103. The third kappa shape index (κ3) is 23.4. The molecule has 0 saturated heterocycles. The van der Waals surface area contributed by atoms with E-state index >= 15 is 0 Å². The lowest BCUT2D eigenvalue weighted by Crippen LogP contribution is -2.23. The van der Waals surface area contributed by atoms with E-state index in [4.69, 9.17) is 9.47 Å². The van der Waals surface area contributed by atoms with E-state index in [0.717, 1.165) is 19.3 Å². The summed E-state index contributed by atoms with van der Waals surface area (Å²) in [6.45, 7) is 7.36. The van der Waals surface area contributed by atoms with Crippen molar-refractivity contribution in [3.05, 3.63) is 12.2 Å². The molecule has 4 nitrogen and oxygen atoms in total. The molecular formula is C26H50O4. The molecule has 0 aromatic heterocycles. The summed E-state index contributed by atoms with van der Waals surface area (Å²) in [5.74, 6) is 0.200. The fraction of sp³-hybridized carbons (Fsp3) is 0.885. The van der Waals surface area contributed by atoms with Gasteiger partial charge >= 0.3 is 5.97 Å². The van der Waals surface area contributed by atoms with Crippen LogP contribution in [0.4, 0.5) is 0 Å². The highest BCUT2D eigenvalue weighted by molar-refractivity contribution is 5.81. The van der Waals surface area contributed by atoms with Crippen molar-refractivity contribution in [1.29, 1.82) is 0 Å². The number of rotatable bonds is 22. The van der Waals surface area contributed by atoms with Crippen LogP contribution in [0.5, 0.6) is 0 Å². The van der Waals surface area contributed by atoms with Gasteiger partial charge in [-0.1, -0.05) is 104 Å². The normalized spacial score (nSPS) is 12.7. The van der Waals surface area contributed by atoms with Gasteiger partial charge < -0.3 is 14.6 Å². The van der Waals surface area contributed by atoms with Gasteiger partial charge in [0.25, 0.3) is 0 Å². The molecule has 0 aliphatic carbocycles. The highest BCUT2D eigenvalue weighted by Crippen LogP contribution is 2.13. The molecule has 1 unspecified atom stereocenters. The number of esters is 1. The number of ether oxygens (including phenoxy) is 2. The van der Waals surface area contributed by atoms with E-state index < -0.39 is 6.10 Å². The maximum atomic E-state index is 11.6. The number of carbonyl (C=O) groups is 1. The smallest absolute Gasteiger partial charge is 0.330 e. The fourth-order valence-electron chi connectivity index (χ4n) is 3.27. The zero-order valence-corrected chi connectivity index (χ0v) is 20.2. The molecule has 0 aliphatic rings. The number of aliphatic hydroxyl groups is 1.